The number of nitrogen functional groups attached to an aromatic ring is 1. The molecule has 2 aromatic carbocycles. The topological polar surface area (TPSA) is 59.5 Å². The Morgan fingerprint density at radius 3 is 2.54 bits per heavy atom. The molecule has 1 aromatic heterocycles. The minimum atomic E-state index is -0.0991. The van der Waals surface area contributed by atoms with Crippen molar-refractivity contribution in [2.24, 2.45) is 0 Å². The van der Waals surface area contributed by atoms with Gasteiger partial charge in [0.25, 0.3) is 0 Å². The number of carbonyl (C=O) groups is 1. The molecule has 0 aliphatic rings. The first kappa shape index (κ1) is 19.9. The molecule has 2 N–H and O–H groups in total. The molecule has 3 rings (SSSR count). The van der Waals surface area contributed by atoms with Gasteiger partial charge in [-0.05, 0) is 44.0 Å². The van der Waals surface area contributed by atoms with E-state index in [9.17, 15) is 4.79 Å². The highest BCUT2D eigenvalue weighted by Gasteiger charge is 2.22. The zero-order valence-electron chi connectivity index (χ0n) is 15.1. The molecule has 1 atom stereocenters. The summed E-state index contributed by atoms with van der Waals surface area (Å²) < 4.78 is 5.93. The van der Waals surface area contributed by atoms with Crippen molar-refractivity contribution in [3.63, 3.8) is 0 Å². The Bertz CT molecular complexity index is 842. The fourth-order valence-corrected chi connectivity index (χ4v) is 3.18. The lowest BCUT2D eigenvalue weighted by molar-refractivity contribution is -0.133. The first-order chi connectivity index (χ1) is 12.1. The lowest BCUT2D eigenvalue weighted by Crippen LogP contribution is -2.33. The van der Waals surface area contributed by atoms with Crippen molar-refractivity contribution in [1.82, 2.24) is 4.90 Å². The zero-order valence-corrected chi connectivity index (χ0v) is 16.0. The van der Waals surface area contributed by atoms with E-state index in [0.29, 0.717) is 19.4 Å². The molecule has 1 unspecified atom stereocenters. The van der Waals surface area contributed by atoms with Gasteiger partial charge in [-0.2, -0.15) is 0 Å². The van der Waals surface area contributed by atoms with E-state index in [-0.39, 0.29) is 24.4 Å². The highest BCUT2D eigenvalue weighted by atomic mass is 35.5. The van der Waals surface area contributed by atoms with Gasteiger partial charge < -0.3 is 15.1 Å². The van der Waals surface area contributed by atoms with Crippen molar-refractivity contribution in [2.75, 3.05) is 12.3 Å². The van der Waals surface area contributed by atoms with Crippen LogP contribution in [-0.4, -0.2) is 17.4 Å². The van der Waals surface area contributed by atoms with Crippen LogP contribution in [0.3, 0.4) is 0 Å². The smallest absolute Gasteiger partial charge is 0.223 e. The van der Waals surface area contributed by atoms with Crippen molar-refractivity contribution in [3.05, 3.63) is 65.9 Å². The fourth-order valence-electron chi connectivity index (χ4n) is 3.18. The summed E-state index contributed by atoms with van der Waals surface area (Å²) in [5.74, 6) is 0.925. The SMILES string of the molecule is CCN(C(=O)CCc1ccccc1N)C(C)c1cc2ccccc2o1.Cl. The first-order valence-electron chi connectivity index (χ1n) is 8.71. The van der Waals surface area contributed by atoms with E-state index in [1.54, 1.807) is 0 Å². The Balaban J connectivity index is 0.00000243. The average Bonchev–Trinajstić information content (AvgIpc) is 3.06. The van der Waals surface area contributed by atoms with Gasteiger partial charge in [0.05, 0.1) is 6.04 Å². The molecule has 0 bridgehead atoms. The quantitative estimate of drug-likeness (QED) is 0.621. The highest BCUT2D eigenvalue weighted by molar-refractivity contribution is 5.85. The average molecular weight is 373 g/mol. The highest BCUT2D eigenvalue weighted by Crippen LogP contribution is 2.28. The standard InChI is InChI=1S/C21H24N2O2.ClH/c1-3-23(21(24)13-12-16-8-4-6-10-18(16)22)15(2)20-14-17-9-5-7-11-19(17)25-20;/h4-11,14-15H,3,12-13,22H2,1-2H3;1H. The first-order valence-corrected chi connectivity index (χ1v) is 8.71. The van der Waals surface area contributed by atoms with Crippen LogP contribution < -0.4 is 5.73 Å². The summed E-state index contributed by atoms with van der Waals surface area (Å²) in [5, 5.41) is 1.06. The molecule has 0 aliphatic heterocycles. The predicted octanol–water partition coefficient (Wildman–Crippen LogP) is 4.98. The normalized spacial score (nSPS) is 11.8. The van der Waals surface area contributed by atoms with Gasteiger partial charge in [0, 0.05) is 24.0 Å². The van der Waals surface area contributed by atoms with Crippen LogP contribution in [0.25, 0.3) is 11.0 Å². The molecule has 26 heavy (non-hydrogen) atoms. The predicted molar refractivity (Wildman–Crippen MR) is 108 cm³/mol. The van der Waals surface area contributed by atoms with Crippen molar-refractivity contribution in [3.8, 4) is 0 Å². The van der Waals surface area contributed by atoms with E-state index < -0.39 is 0 Å². The van der Waals surface area contributed by atoms with Gasteiger partial charge in [0.2, 0.25) is 5.91 Å². The monoisotopic (exact) mass is 372 g/mol. The number of rotatable bonds is 6. The summed E-state index contributed by atoms with van der Waals surface area (Å²) in [6, 6.07) is 17.5. The molecule has 0 saturated carbocycles. The number of nitrogens with zero attached hydrogens (tertiary/aromatic N) is 1. The fraction of sp³-hybridized carbons (Fsp3) is 0.286. The van der Waals surface area contributed by atoms with E-state index in [0.717, 1.165) is 28.0 Å². The third-order valence-electron chi connectivity index (χ3n) is 4.65. The summed E-state index contributed by atoms with van der Waals surface area (Å²) >= 11 is 0. The molecule has 0 fully saturated rings. The van der Waals surface area contributed by atoms with Crippen molar-refractivity contribution < 1.29 is 9.21 Å². The van der Waals surface area contributed by atoms with Crippen LogP contribution in [0.1, 0.15) is 37.6 Å². The minimum Gasteiger partial charge on any atom is -0.459 e. The third kappa shape index (κ3) is 4.20. The van der Waals surface area contributed by atoms with E-state index >= 15 is 0 Å². The minimum absolute atomic E-state index is 0. The molecule has 0 saturated heterocycles. The Morgan fingerprint density at radius 2 is 1.85 bits per heavy atom. The van der Waals surface area contributed by atoms with Gasteiger partial charge in [-0.25, -0.2) is 0 Å². The second kappa shape index (κ2) is 8.77. The Morgan fingerprint density at radius 1 is 1.15 bits per heavy atom. The molecule has 138 valence electrons. The molecule has 1 amide bonds. The number of aryl methyl sites for hydroxylation is 1. The summed E-state index contributed by atoms with van der Waals surface area (Å²) in [7, 11) is 0. The molecular formula is C21H25ClN2O2. The van der Waals surface area contributed by atoms with Gasteiger partial charge in [-0.3, -0.25) is 4.79 Å². The van der Waals surface area contributed by atoms with Crippen molar-refractivity contribution in [1.29, 1.82) is 0 Å². The van der Waals surface area contributed by atoms with Crippen molar-refractivity contribution in [2.45, 2.75) is 32.7 Å². The maximum absolute atomic E-state index is 12.7. The van der Waals surface area contributed by atoms with Gasteiger partial charge >= 0.3 is 0 Å². The molecule has 5 heteroatoms. The maximum Gasteiger partial charge on any atom is 0.223 e. The number of anilines is 1. The van der Waals surface area contributed by atoms with Gasteiger partial charge in [-0.1, -0.05) is 36.4 Å². The Hall–Kier alpha value is -2.46. The number of para-hydroxylation sites is 2. The molecule has 0 aliphatic carbocycles. The zero-order chi connectivity index (χ0) is 17.8. The van der Waals surface area contributed by atoms with E-state index in [2.05, 4.69) is 0 Å². The summed E-state index contributed by atoms with van der Waals surface area (Å²) in [4.78, 5) is 14.6. The van der Waals surface area contributed by atoms with Crippen molar-refractivity contribution >= 4 is 35.0 Å². The van der Waals surface area contributed by atoms with E-state index in [4.69, 9.17) is 10.2 Å². The molecule has 1 heterocycles. The summed E-state index contributed by atoms with van der Waals surface area (Å²) in [6.45, 7) is 4.64. The van der Waals surface area contributed by atoms with Crippen LogP contribution in [-0.2, 0) is 11.2 Å². The molecule has 4 nitrogen and oxygen atoms in total. The Kier molecular flexibility index (Phi) is 6.70. The number of hydrogen-bond donors (Lipinski definition) is 1. The Labute approximate surface area is 160 Å². The lowest BCUT2D eigenvalue weighted by Gasteiger charge is -2.26. The van der Waals surface area contributed by atoms with Gasteiger partial charge in [-0.15, -0.1) is 12.4 Å². The van der Waals surface area contributed by atoms with E-state index in [1.807, 2.05) is 73.3 Å². The summed E-state index contributed by atoms with van der Waals surface area (Å²) in [6.07, 6.45) is 1.08. The van der Waals surface area contributed by atoms with Crippen LogP contribution in [0, 0.1) is 0 Å². The number of amides is 1. The largest absolute Gasteiger partial charge is 0.459 e. The van der Waals surface area contributed by atoms with Crippen LogP contribution in [0.15, 0.2) is 59.0 Å². The lowest BCUT2D eigenvalue weighted by atomic mass is 10.1. The number of benzene rings is 2. The molecule has 0 radical (unpaired) electrons. The van der Waals surface area contributed by atoms with Gasteiger partial charge in [0.1, 0.15) is 11.3 Å². The van der Waals surface area contributed by atoms with Crippen LogP contribution in [0.4, 0.5) is 5.69 Å². The van der Waals surface area contributed by atoms with Crippen LogP contribution >= 0.6 is 12.4 Å². The molecule has 0 spiro atoms. The van der Waals surface area contributed by atoms with E-state index in [1.165, 1.54) is 0 Å². The number of nitrogens with two attached hydrogens (primary N) is 1. The second-order valence-electron chi connectivity index (χ2n) is 6.24. The second-order valence-corrected chi connectivity index (χ2v) is 6.24. The van der Waals surface area contributed by atoms with Crippen LogP contribution in [0.2, 0.25) is 0 Å². The molecular weight excluding hydrogens is 348 g/mol. The maximum atomic E-state index is 12.7. The molecule has 3 aromatic rings. The number of furan rings is 1. The number of carbonyl (C=O) groups excluding carboxylic acids is 1. The van der Waals surface area contributed by atoms with Crippen LogP contribution in [0.5, 0.6) is 0 Å². The number of fused-ring (bicyclic) bond motifs is 1. The third-order valence-corrected chi connectivity index (χ3v) is 4.65. The van der Waals surface area contributed by atoms with Gasteiger partial charge in [0.15, 0.2) is 0 Å². The number of halogens is 1. The summed E-state index contributed by atoms with van der Waals surface area (Å²) in [5.41, 5.74) is 8.58. The number of hydrogen-bond acceptors (Lipinski definition) is 3.